The number of sulfonamides is 1. The number of fused-ring (bicyclic) bond motifs is 1. The Hall–Kier alpha value is -2.18. The molecule has 7 nitrogen and oxygen atoms in total. The molecule has 0 unspecified atom stereocenters. The van der Waals surface area contributed by atoms with Crippen molar-refractivity contribution in [1.29, 1.82) is 0 Å². The number of benzene rings is 3. The van der Waals surface area contributed by atoms with E-state index in [1.165, 1.54) is 30.0 Å². The van der Waals surface area contributed by atoms with Gasteiger partial charge in [-0.25, -0.2) is 8.42 Å². The van der Waals surface area contributed by atoms with Crippen molar-refractivity contribution in [2.24, 2.45) is 5.73 Å². The fourth-order valence-corrected chi connectivity index (χ4v) is 6.71. The molecule has 1 aliphatic carbocycles. The van der Waals surface area contributed by atoms with Gasteiger partial charge in [0, 0.05) is 38.0 Å². The molecule has 0 spiro atoms. The molecule has 0 bridgehead atoms. The number of rotatable bonds is 9. The Morgan fingerprint density at radius 1 is 1.08 bits per heavy atom. The summed E-state index contributed by atoms with van der Waals surface area (Å²) in [5.41, 5.74) is 9.29. The molecular weight excluding hydrogens is 554 g/mol. The normalized spacial score (nSPS) is 13.8. The molecule has 5 N–H and O–H groups in total. The highest BCUT2D eigenvalue weighted by Gasteiger charge is 2.30. The molecular formula is C25H23BCl2N2O5S2. The zero-order valence-corrected chi connectivity index (χ0v) is 22.6. The summed E-state index contributed by atoms with van der Waals surface area (Å²) < 4.78 is 35.1. The van der Waals surface area contributed by atoms with E-state index in [2.05, 4.69) is 4.72 Å². The van der Waals surface area contributed by atoms with Crippen LogP contribution in [-0.2, 0) is 15.8 Å². The Balaban J connectivity index is 1.52. The number of halogens is 2. The number of nitrogens with two attached hydrogens (primary N) is 1. The summed E-state index contributed by atoms with van der Waals surface area (Å²) in [6.45, 7) is 0. The van der Waals surface area contributed by atoms with Gasteiger partial charge in [-0.05, 0) is 78.4 Å². The number of anilines is 1. The minimum absolute atomic E-state index is 0.0468. The first-order valence-corrected chi connectivity index (χ1v) is 14.9. The second kappa shape index (κ2) is 10.5. The van der Waals surface area contributed by atoms with Crippen molar-refractivity contribution in [2.45, 2.75) is 29.4 Å². The first kappa shape index (κ1) is 26.4. The van der Waals surface area contributed by atoms with Crippen LogP contribution in [0.4, 0.5) is 5.69 Å². The van der Waals surface area contributed by atoms with Gasteiger partial charge in [0.25, 0.3) is 0 Å². The molecule has 1 saturated carbocycles. The second-order valence-electron chi connectivity index (χ2n) is 8.87. The molecule has 0 amide bonds. The molecule has 0 aliphatic heterocycles. The van der Waals surface area contributed by atoms with E-state index in [-0.39, 0.29) is 21.9 Å². The molecule has 0 atom stereocenters. The summed E-state index contributed by atoms with van der Waals surface area (Å²) in [4.78, 5) is 0.912. The summed E-state index contributed by atoms with van der Waals surface area (Å²) >= 11 is 13.6. The molecule has 37 heavy (non-hydrogen) atoms. The molecule has 0 saturated heterocycles. The Bertz CT molecular complexity index is 1570. The average Bonchev–Trinajstić information content (AvgIpc) is 3.61. The first-order valence-electron chi connectivity index (χ1n) is 11.5. The van der Waals surface area contributed by atoms with Crippen LogP contribution in [0.3, 0.4) is 0 Å². The number of thioether (sulfide) groups is 1. The van der Waals surface area contributed by atoms with Gasteiger partial charge in [-0.2, -0.15) is 0 Å². The molecule has 0 radical (unpaired) electrons. The van der Waals surface area contributed by atoms with Gasteiger partial charge in [-0.15, -0.1) is 11.8 Å². The highest BCUT2D eigenvalue weighted by atomic mass is 35.5. The molecule has 1 aliphatic rings. The highest BCUT2D eigenvalue weighted by molar-refractivity contribution is 7.99. The van der Waals surface area contributed by atoms with Crippen molar-refractivity contribution >= 4 is 74.2 Å². The van der Waals surface area contributed by atoms with Crippen molar-refractivity contribution in [2.75, 3.05) is 10.6 Å². The summed E-state index contributed by atoms with van der Waals surface area (Å²) in [5, 5.41) is 20.3. The largest absolute Gasteiger partial charge is 0.489 e. The van der Waals surface area contributed by atoms with Crippen molar-refractivity contribution in [3.63, 3.8) is 0 Å². The fourth-order valence-electron chi connectivity index (χ4n) is 4.32. The molecule has 1 fully saturated rings. The molecule has 4 aromatic rings. The van der Waals surface area contributed by atoms with Crippen LogP contribution in [0, 0.1) is 0 Å². The SMILES string of the molecule is NCSc1c(-c2ccc(Cl)cc2)oc2cc(CS(=O)(=O)Nc3ccc(B(O)O)c(Cl)c3)c(C3CC3)cc12. The van der Waals surface area contributed by atoms with E-state index in [1.807, 2.05) is 18.2 Å². The van der Waals surface area contributed by atoms with E-state index < -0.39 is 17.1 Å². The van der Waals surface area contributed by atoms with Crippen molar-refractivity contribution in [3.05, 3.63) is 75.8 Å². The molecule has 1 aromatic heterocycles. The van der Waals surface area contributed by atoms with E-state index in [1.54, 1.807) is 18.2 Å². The van der Waals surface area contributed by atoms with Crippen LogP contribution in [0.2, 0.25) is 10.0 Å². The minimum atomic E-state index is -3.82. The van der Waals surface area contributed by atoms with Gasteiger partial charge in [0.2, 0.25) is 10.0 Å². The number of hydrogen-bond acceptors (Lipinski definition) is 7. The van der Waals surface area contributed by atoms with Crippen LogP contribution in [0.5, 0.6) is 0 Å². The van der Waals surface area contributed by atoms with Crippen LogP contribution < -0.4 is 15.9 Å². The standard InChI is InChI=1S/C25H23BCl2N2O5S2/c27-17-5-3-15(4-6-17)24-25(36-13-29)20-11-19(14-1-2-14)16(9-23(20)35-24)12-37(33,34)30-18-7-8-21(26(31)32)22(28)10-18/h3-11,14,30-32H,1-2,12-13,29H2. The third-order valence-electron chi connectivity index (χ3n) is 6.15. The van der Waals surface area contributed by atoms with Gasteiger partial charge in [-0.3, -0.25) is 4.72 Å². The van der Waals surface area contributed by atoms with Gasteiger partial charge in [-0.1, -0.05) is 29.3 Å². The quantitative estimate of drug-likeness (QED) is 0.127. The van der Waals surface area contributed by atoms with Crippen molar-refractivity contribution < 1.29 is 22.9 Å². The van der Waals surface area contributed by atoms with E-state index >= 15 is 0 Å². The third-order valence-corrected chi connectivity index (χ3v) is 8.83. The monoisotopic (exact) mass is 576 g/mol. The topological polar surface area (TPSA) is 126 Å². The van der Waals surface area contributed by atoms with Crippen LogP contribution >= 0.6 is 35.0 Å². The maximum Gasteiger partial charge on any atom is 0.489 e. The summed E-state index contributed by atoms with van der Waals surface area (Å²) in [6.07, 6.45) is 1.99. The van der Waals surface area contributed by atoms with E-state index in [0.717, 1.165) is 34.3 Å². The summed E-state index contributed by atoms with van der Waals surface area (Å²) in [7, 11) is -5.57. The molecule has 3 aromatic carbocycles. The maximum absolute atomic E-state index is 13.1. The minimum Gasteiger partial charge on any atom is -0.455 e. The highest BCUT2D eigenvalue weighted by Crippen LogP contribution is 2.47. The van der Waals surface area contributed by atoms with Gasteiger partial charge >= 0.3 is 7.12 Å². The summed E-state index contributed by atoms with van der Waals surface area (Å²) in [6, 6.07) is 15.3. The molecule has 1 heterocycles. The van der Waals surface area contributed by atoms with Crippen molar-refractivity contribution in [1.82, 2.24) is 0 Å². The number of hydrogen-bond donors (Lipinski definition) is 4. The lowest BCUT2D eigenvalue weighted by atomic mass is 9.80. The summed E-state index contributed by atoms with van der Waals surface area (Å²) in [5.74, 6) is 1.07. The van der Waals surface area contributed by atoms with Gasteiger partial charge in [0.15, 0.2) is 0 Å². The molecule has 192 valence electrons. The number of nitrogens with one attached hydrogen (secondary N) is 1. The first-order chi connectivity index (χ1) is 17.6. The molecule has 5 rings (SSSR count). The Labute approximate surface area is 229 Å². The maximum atomic E-state index is 13.1. The second-order valence-corrected chi connectivity index (χ2v) is 12.5. The van der Waals surface area contributed by atoms with Crippen LogP contribution in [0.1, 0.15) is 29.9 Å². The predicted octanol–water partition coefficient (Wildman–Crippen LogP) is 4.91. The lowest BCUT2D eigenvalue weighted by Gasteiger charge is -2.13. The van der Waals surface area contributed by atoms with Crippen LogP contribution in [-0.4, -0.2) is 31.5 Å². The average molecular weight is 577 g/mol. The van der Waals surface area contributed by atoms with Gasteiger partial charge < -0.3 is 20.2 Å². The molecule has 12 heteroatoms. The Morgan fingerprint density at radius 2 is 1.81 bits per heavy atom. The zero-order chi connectivity index (χ0) is 26.3. The van der Waals surface area contributed by atoms with Crippen LogP contribution in [0.25, 0.3) is 22.3 Å². The Morgan fingerprint density at radius 3 is 2.43 bits per heavy atom. The van der Waals surface area contributed by atoms with E-state index in [0.29, 0.717) is 33.7 Å². The lowest BCUT2D eigenvalue weighted by molar-refractivity contribution is 0.426. The van der Waals surface area contributed by atoms with Crippen molar-refractivity contribution in [3.8, 4) is 11.3 Å². The smallest absolute Gasteiger partial charge is 0.455 e. The van der Waals surface area contributed by atoms with Gasteiger partial charge in [0.1, 0.15) is 11.3 Å². The van der Waals surface area contributed by atoms with E-state index in [9.17, 15) is 18.5 Å². The van der Waals surface area contributed by atoms with Crippen LogP contribution in [0.15, 0.2) is 63.9 Å². The number of furan rings is 1. The van der Waals surface area contributed by atoms with Gasteiger partial charge in [0.05, 0.1) is 10.6 Å². The zero-order valence-electron chi connectivity index (χ0n) is 19.4. The lowest BCUT2D eigenvalue weighted by Crippen LogP contribution is -2.30. The Kier molecular flexibility index (Phi) is 7.52. The van der Waals surface area contributed by atoms with E-state index in [4.69, 9.17) is 33.4 Å². The fraction of sp³-hybridized carbons (Fsp3) is 0.200. The third kappa shape index (κ3) is 5.80. The predicted molar refractivity (Wildman–Crippen MR) is 151 cm³/mol.